The van der Waals surface area contributed by atoms with Crippen molar-refractivity contribution in [2.24, 2.45) is 5.92 Å². The number of carbonyl (C=O) groups is 1. The molecule has 0 radical (unpaired) electrons. The number of pyridine rings is 2. The van der Waals surface area contributed by atoms with Crippen molar-refractivity contribution in [3.05, 3.63) is 93.4 Å². The highest BCUT2D eigenvalue weighted by molar-refractivity contribution is 6.08. The molecule has 0 spiro atoms. The molecule has 4 heterocycles. The van der Waals surface area contributed by atoms with Gasteiger partial charge in [0.1, 0.15) is 16.9 Å². The summed E-state index contributed by atoms with van der Waals surface area (Å²) in [5.74, 6) is -0.991. The number of tetrazole rings is 1. The minimum absolute atomic E-state index is 0.0241. The Morgan fingerprint density at radius 1 is 0.909 bits per heavy atom. The fraction of sp³-hybridized carbons (Fsp3) is 0.241. The number of aromatic amines is 1. The number of benzene rings is 2. The van der Waals surface area contributed by atoms with Gasteiger partial charge in [0, 0.05) is 30.6 Å². The number of fused-ring (bicyclic) bond motifs is 2. The lowest BCUT2D eigenvalue weighted by molar-refractivity contribution is -0.143. The highest BCUT2D eigenvalue weighted by Crippen LogP contribution is 2.38. The molecule has 15 heteroatoms. The summed E-state index contributed by atoms with van der Waals surface area (Å²) in [7, 11) is 0. The van der Waals surface area contributed by atoms with Crippen molar-refractivity contribution in [2.75, 3.05) is 6.54 Å². The second kappa shape index (κ2) is 10.6. The topological polar surface area (TPSA) is 110 Å². The summed E-state index contributed by atoms with van der Waals surface area (Å²) in [6.45, 7) is 1.18. The summed E-state index contributed by atoms with van der Waals surface area (Å²) in [4.78, 5) is 33.8. The Morgan fingerprint density at radius 3 is 2.20 bits per heavy atom. The number of alkyl halides is 6. The molecule has 0 unspecified atom stereocenters. The van der Waals surface area contributed by atoms with Crippen LogP contribution < -0.4 is 5.56 Å². The van der Waals surface area contributed by atoms with E-state index in [9.17, 15) is 35.9 Å². The van der Waals surface area contributed by atoms with Crippen LogP contribution in [0.2, 0.25) is 0 Å². The maximum atomic E-state index is 14.3. The first kappa shape index (κ1) is 29.0. The molecule has 226 valence electrons. The Labute approximate surface area is 244 Å². The number of hydrogen-bond acceptors (Lipinski definition) is 6. The van der Waals surface area contributed by atoms with E-state index in [1.54, 1.807) is 49.4 Å². The highest BCUT2D eigenvalue weighted by Gasteiger charge is 2.38. The first-order chi connectivity index (χ1) is 20.8. The molecule has 3 aromatic heterocycles. The summed E-state index contributed by atoms with van der Waals surface area (Å²) in [5.41, 5.74) is -2.78. The SMILES string of the molecule is C[C@H]1CN(Cc2cc(C(F)(F)F)cc(C(F)(F)F)c2)C(=O)c2c(-c3ccccc3)c3ccc(-c4nn[nH]n4)nc3c(=O)n2C1. The summed E-state index contributed by atoms with van der Waals surface area (Å²) < 4.78 is 82.6. The van der Waals surface area contributed by atoms with E-state index in [0.717, 1.165) is 0 Å². The van der Waals surface area contributed by atoms with Crippen LogP contribution in [0.15, 0.2) is 65.5 Å². The number of carbonyl (C=O) groups excluding carboxylic acids is 1. The molecule has 0 aliphatic carbocycles. The predicted molar refractivity (Wildman–Crippen MR) is 145 cm³/mol. The van der Waals surface area contributed by atoms with E-state index in [1.807, 2.05) is 0 Å². The van der Waals surface area contributed by atoms with E-state index in [2.05, 4.69) is 25.6 Å². The van der Waals surface area contributed by atoms with Crippen molar-refractivity contribution >= 4 is 16.8 Å². The Bertz CT molecular complexity index is 1900. The van der Waals surface area contributed by atoms with Crippen molar-refractivity contribution in [1.29, 1.82) is 0 Å². The van der Waals surface area contributed by atoms with Gasteiger partial charge in [-0.3, -0.25) is 9.59 Å². The number of nitrogens with one attached hydrogen (secondary N) is 1. The molecule has 1 aliphatic heterocycles. The number of rotatable bonds is 4. The number of hydrogen-bond donors (Lipinski definition) is 1. The molecule has 1 atom stereocenters. The normalized spacial score (nSPS) is 15.8. The van der Waals surface area contributed by atoms with E-state index in [4.69, 9.17) is 0 Å². The summed E-state index contributed by atoms with van der Waals surface area (Å²) >= 11 is 0. The Balaban J connectivity index is 1.55. The summed E-state index contributed by atoms with van der Waals surface area (Å²) in [6.07, 6.45) is -10.1. The van der Waals surface area contributed by atoms with Crippen LogP contribution >= 0.6 is 0 Å². The van der Waals surface area contributed by atoms with Crippen molar-refractivity contribution in [3.8, 4) is 22.6 Å². The number of nitrogens with zero attached hydrogens (tertiary/aromatic N) is 6. The fourth-order valence-electron chi connectivity index (χ4n) is 5.45. The Kier molecular flexibility index (Phi) is 6.97. The molecule has 0 fully saturated rings. The van der Waals surface area contributed by atoms with Gasteiger partial charge in [0.2, 0.25) is 5.82 Å². The van der Waals surface area contributed by atoms with E-state index in [-0.39, 0.29) is 47.4 Å². The zero-order chi connectivity index (χ0) is 31.4. The average Bonchev–Trinajstić information content (AvgIpc) is 3.48. The molecule has 1 N–H and O–H groups in total. The quantitative estimate of drug-likeness (QED) is 0.266. The van der Waals surface area contributed by atoms with Crippen molar-refractivity contribution in [1.82, 2.24) is 35.1 Å². The van der Waals surface area contributed by atoms with Crippen molar-refractivity contribution < 1.29 is 31.1 Å². The zero-order valence-corrected chi connectivity index (χ0v) is 22.7. The lowest BCUT2D eigenvalue weighted by Gasteiger charge is -2.25. The largest absolute Gasteiger partial charge is 0.416 e. The first-order valence-electron chi connectivity index (χ1n) is 13.3. The smallest absolute Gasteiger partial charge is 0.333 e. The number of aromatic nitrogens is 6. The maximum Gasteiger partial charge on any atom is 0.416 e. The number of amides is 1. The van der Waals surface area contributed by atoms with Crippen LogP contribution in [0, 0.1) is 5.92 Å². The van der Waals surface area contributed by atoms with Gasteiger partial charge < -0.3 is 9.47 Å². The van der Waals surface area contributed by atoms with E-state index >= 15 is 0 Å². The van der Waals surface area contributed by atoms with Gasteiger partial charge in [0.05, 0.1) is 11.1 Å². The van der Waals surface area contributed by atoms with Gasteiger partial charge in [-0.2, -0.15) is 31.6 Å². The lowest BCUT2D eigenvalue weighted by atomic mass is 9.97. The maximum absolute atomic E-state index is 14.3. The van der Waals surface area contributed by atoms with E-state index < -0.39 is 47.4 Å². The van der Waals surface area contributed by atoms with E-state index in [0.29, 0.717) is 28.6 Å². The molecule has 0 saturated carbocycles. The molecule has 6 rings (SSSR count). The number of halogens is 6. The van der Waals surface area contributed by atoms with Crippen molar-refractivity contribution in [2.45, 2.75) is 32.4 Å². The van der Waals surface area contributed by atoms with Gasteiger partial charge in [-0.25, -0.2) is 4.98 Å². The third kappa shape index (κ3) is 5.29. The van der Waals surface area contributed by atoms with Crippen LogP contribution in [0.1, 0.15) is 34.1 Å². The second-order valence-corrected chi connectivity index (χ2v) is 10.5. The molecule has 1 aliphatic rings. The number of H-pyrrole nitrogens is 1. The molecule has 2 aromatic carbocycles. The molecular weight excluding hydrogens is 592 g/mol. The molecule has 0 saturated heterocycles. The monoisotopic (exact) mass is 613 g/mol. The molecule has 44 heavy (non-hydrogen) atoms. The zero-order valence-electron chi connectivity index (χ0n) is 22.7. The molecular formula is C29H21F6N7O2. The standard InChI is InChI=1S/C29H21F6N7O2/c1-15-12-41(14-16-9-18(28(30,31)32)11-19(10-16)29(33,34)35)27(44)24-22(17-5-3-2-4-6-17)20-7-8-21(25-37-39-40-38-25)36-23(20)26(43)42(24)13-15/h2-11,15H,12-14H2,1H3,(H,37,38,39,40)/t15-/m0/s1. The lowest BCUT2D eigenvalue weighted by Crippen LogP contribution is -2.34. The summed E-state index contributed by atoms with van der Waals surface area (Å²) in [5, 5.41) is 14.0. The van der Waals surface area contributed by atoms with Gasteiger partial charge in [0.25, 0.3) is 11.5 Å². The summed E-state index contributed by atoms with van der Waals surface area (Å²) in [6, 6.07) is 13.1. The Hall–Kier alpha value is -5.08. The van der Waals surface area contributed by atoms with Gasteiger partial charge in [-0.15, -0.1) is 10.2 Å². The molecule has 9 nitrogen and oxygen atoms in total. The third-order valence-corrected chi connectivity index (χ3v) is 7.29. The van der Waals surface area contributed by atoms with Crippen LogP contribution in [0.3, 0.4) is 0 Å². The van der Waals surface area contributed by atoms with Crippen LogP contribution in [-0.2, 0) is 25.4 Å². The van der Waals surface area contributed by atoms with Crippen LogP contribution in [-0.4, -0.2) is 47.5 Å². The van der Waals surface area contributed by atoms with Gasteiger partial charge in [0.15, 0.2) is 0 Å². The average molecular weight is 614 g/mol. The van der Waals surface area contributed by atoms with Gasteiger partial charge in [-0.05, 0) is 52.6 Å². The predicted octanol–water partition coefficient (Wildman–Crippen LogP) is 5.57. The fourth-order valence-corrected chi connectivity index (χ4v) is 5.45. The molecule has 0 bridgehead atoms. The van der Waals surface area contributed by atoms with Crippen LogP contribution in [0.25, 0.3) is 33.5 Å². The second-order valence-electron chi connectivity index (χ2n) is 10.5. The minimum Gasteiger partial charge on any atom is -0.333 e. The van der Waals surface area contributed by atoms with Gasteiger partial charge in [-0.1, -0.05) is 37.3 Å². The van der Waals surface area contributed by atoms with Crippen LogP contribution in [0.5, 0.6) is 0 Å². The highest BCUT2D eigenvalue weighted by atomic mass is 19.4. The van der Waals surface area contributed by atoms with Gasteiger partial charge >= 0.3 is 12.4 Å². The molecule has 1 amide bonds. The minimum atomic E-state index is -5.04. The molecule has 5 aromatic rings. The Morgan fingerprint density at radius 2 is 1.59 bits per heavy atom. The van der Waals surface area contributed by atoms with E-state index in [1.165, 1.54) is 9.47 Å². The van der Waals surface area contributed by atoms with Crippen molar-refractivity contribution in [3.63, 3.8) is 0 Å². The first-order valence-corrected chi connectivity index (χ1v) is 13.3. The third-order valence-electron chi connectivity index (χ3n) is 7.29. The van der Waals surface area contributed by atoms with Crippen LogP contribution in [0.4, 0.5) is 26.3 Å².